The predicted molar refractivity (Wildman–Crippen MR) is 53.8 cm³/mol. The first kappa shape index (κ1) is 9.57. The van der Waals surface area contributed by atoms with Crippen LogP contribution in [0.15, 0.2) is 18.2 Å². The molecule has 0 amide bonds. The minimum absolute atomic E-state index is 0.934. The molecule has 1 fully saturated rings. The molecule has 0 saturated heterocycles. The largest absolute Gasteiger partial charge is 0.0843 e. The lowest BCUT2D eigenvalue weighted by molar-refractivity contribution is 0.466. The Bertz CT molecular complexity index is 136. The molecule has 1 rings (SSSR count). The summed E-state index contributed by atoms with van der Waals surface area (Å²) < 4.78 is 0. The fourth-order valence-corrected chi connectivity index (χ4v) is 1.95. The number of hydrogen-bond donors (Lipinski definition) is 0. The van der Waals surface area contributed by atoms with Gasteiger partial charge in [0.1, 0.15) is 0 Å². The Kier molecular flexibility index (Phi) is 4.82. The van der Waals surface area contributed by atoms with Crippen molar-refractivity contribution >= 4 is 0 Å². The van der Waals surface area contributed by atoms with Crippen LogP contribution in [0.1, 0.15) is 44.9 Å². The second-order valence-corrected chi connectivity index (χ2v) is 3.71. The fourth-order valence-electron chi connectivity index (χ4n) is 1.95. The van der Waals surface area contributed by atoms with Gasteiger partial charge < -0.3 is 0 Å². The second-order valence-electron chi connectivity index (χ2n) is 3.71. The van der Waals surface area contributed by atoms with Gasteiger partial charge >= 0.3 is 0 Å². The highest BCUT2D eigenvalue weighted by atomic mass is 14.1. The molecule has 0 heterocycles. The van der Waals surface area contributed by atoms with Crippen molar-refractivity contribution in [3.63, 3.8) is 0 Å². The first-order valence-electron chi connectivity index (χ1n) is 5.13. The molecule has 0 aromatic heterocycles. The Morgan fingerprint density at radius 3 is 2.33 bits per heavy atom. The van der Waals surface area contributed by atoms with Crippen LogP contribution in [0.25, 0.3) is 0 Å². The van der Waals surface area contributed by atoms with Crippen LogP contribution in [0.5, 0.6) is 0 Å². The Balaban J connectivity index is 2.20. The zero-order valence-electron chi connectivity index (χ0n) is 7.84. The lowest BCUT2D eigenvalue weighted by Crippen LogP contribution is -1.95. The Labute approximate surface area is 76.4 Å². The predicted octanol–water partition coefficient (Wildman–Crippen LogP) is 3.89. The highest BCUT2D eigenvalue weighted by Gasteiger charge is 2.09. The maximum Gasteiger partial charge on any atom is -0.0319 e. The number of allylic oxidation sites excluding steroid dienone is 3. The molecule has 1 saturated carbocycles. The van der Waals surface area contributed by atoms with E-state index < -0.39 is 0 Å². The quantitative estimate of drug-likeness (QED) is 0.437. The van der Waals surface area contributed by atoms with Crippen molar-refractivity contribution in [2.75, 3.05) is 0 Å². The van der Waals surface area contributed by atoms with Crippen LogP contribution >= 0.6 is 0 Å². The Morgan fingerprint density at radius 2 is 1.75 bits per heavy atom. The maximum absolute atomic E-state index is 5.26. The van der Waals surface area contributed by atoms with E-state index in [9.17, 15) is 0 Å². The molecule has 0 atom stereocenters. The molecule has 0 N–H and O–H groups in total. The van der Waals surface area contributed by atoms with Gasteiger partial charge in [-0.1, -0.05) is 63.3 Å². The molecule has 0 aliphatic heterocycles. The van der Waals surface area contributed by atoms with Crippen LogP contribution in [0.4, 0.5) is 0 Å². The molecule has 0 aromatic rings. The van der Waals surface area contributed by atoms with Gasteiger partial charge in [-0.15, -0.1) is 0 Å². The summed E-state index contributed by atoms with van der Waals surface area (Å²) in [5.41, 5.74) is 0. The van der Waals surface area contributed by atoms with E-state index in [1.165, 1.54) is 44.9 Å². The molecule has 0 spiro atoms. The lowest BCUT2D eigenvalue weighted by atomic mass is 9.96. The van der Waals surface area contributed by atoms with E-state index in [2.05, 4.69) is 6.08 Å². The van der Waals surface area contributed by atoms with Gasteiger partial charge in [-0.05, 0) is 12.3 Å². The first-order chi connectivity index (χ1) is 5.93. The molecule has 0 bridgehead atoms. The van der Waals surface area contributed by atoms with Gasteiger partial charge in [0.2, 0.25) is 0 Å². The van der Waals surface area contributed by atoms with E-state index in [-0.39, 0.29) is 0 Å². The van der Waals surface area contributed by atoms with Crippen molar-refractivity contribution in [1.29, 1.82) is 0 Å². The van der Waals surface area contributed by atoms with Crippen LogP contribution in [0.2, 0.25) is 0 Å². The van der Waals surface area contributed by atoms with Gasteiger partial charge in [-0.25, -0.2) is 0 Å². The summed E-state index contributed by atoms with van der Waals surface area (Å²) in [6.45, 7) is 5.26. The first-order valence-corrected chi connectivity index (χ1v) is 5.13. The minimum atomic E-state index is 0.934. The van der Waals surface area contributed by atoms with Crippen molar-refractivity contribution in [2.24, 2.45) is 5.92 Å². The van der Waals surface area contributed by atoms with Crippen LogP contribution in [0, 0.1) is 12.5 Å². The zero-order valence-corrected chi connectivity index (χ0v) is 7.84. The summed E-state index contributed by atoms with van der Waals surface area (Å²) in [6, 6.07) is 0. The number of rotatable bonds is 3. The highest BCUT2D eigenvalue weighted by Crippen LogP contribution is 2.25. The Morgan fingerprint density at radius 1 is 1.08 bits per heavy atom. The van der Waals surface area contributed by atoms with Gasteiger partial charge in [0.25, 0.3) is 0 Å². The van der Waals surface area contributed by atoms with Gasteiger partial charge in [0, 0.05) is 0 Å². The van der Waals surface area contributed by atoms with Crippen molar-refractivity contribution in [3.8, 4) is 0 Å². The highest BCUT2D eigenvalue weighted by molar-refractivity contribution is 4.96. The maximum atomic E-state index is 5.26. The standard InChI is InChI=1S/C12H19/c1-2-3-6-9-12-10-7-4-5-8-11-12/h1-3,6,12H,4-5,7-11H2. The smallest absolute Gasteiger partial charge is 0.0319 e. The van der Waals surface area contributed by atoms with E-state index in [0.29, 0.717) is 0 Å². The molecular weight excluding hydrogens is 144 g/mol. The topological polar surface area (TPSA) is 0 Å². The third-order valence-electron chi connectivity index (χ3n) is 2.69. The summed E-state index contributed by atoms with van der Waals surface area (Å²) in [5.74, 6) is 0.934. The summed E-state index contributed by atoms with van der Waals surface area (Å²) >= 11 is 0. The third-order valence-corrected chi connectivity index (χ3v) is 2.69. The van der Waals surface area contributed by atoms with Crippen LogP contribution < -0.4 is 0 Å². The van der Waals surface area contributed by atoms with Gasteiger partial charge in [0.15, 0.2) is 0 Å². The summed E-state index contributed by atoms with van der Waals surface area (Å²) in [5, 5.41) is 0. The molecule has 0 heteroatoms. The van der Waals surface area contributed by atoms with Crippen LogP contribution in [-0.2, 0) is 0 Å². The van der Waals surface area contributed by atoms with E-state index >= 15 is 0 Å². The monoisotopic (exact) mass is 163 g/mol. The van der Waals surface area contributed by atoms with Crippen molar-refractivity contribution in [1.82, 2.24) is 0 Å². The van der Waals surface area contributed by atoms with Gasteiger partial charge in [-0.3, -0.25) is 0 Å². The summed E-state index contributed by atoms with van der Waals surface area (Å²) in [7, 11) is 0. The molecule has 0 unspecified atom stereocenters. The zero-order chi connectivity index (χ0) is 8.65. The Hall–Kier alpha value is -0.520. The fraction of sp³-hybridized carbons (Fsp3) is 0.667. The molecular formula is C12H19. The average molecular weight is 163 g/mol. The van der Waals surface area contributed by atoms with E-state index in [1.807, 2.05) is 6.08 Å². The van der Waals surface area contributed by atoms with E-state index in [0.717, 1.165) is 5.92 Å². The molecule has 1 aliphatic rings. The van der Waals surface area contributed by atoms with Crippen molar-refractivity contribution in [2.45, 2.75) is 44.9 Å². The third kappa shape index (κ3) is 3.75. The molecule has 0 nitrogen and oxygen atoms in total. The lowest BCUT2D eigenvalue weighted by Gasteiger charge is -2.09. The van der Waals surface area contributed by atoms with Gasteiger partial charge in [0.05, 0.1) is 0 Å². The van der Waals surface area contributed by atoms with Crippen molar-refractivity contribution in [3.05, 3.63) is 24.8 Å². The molecule has 1 aliphatic carbocycles. The van der Waals surface area contributed by atoms with E-state index in [1.54, 1.807) is 6.08 Å². The second kappa shape index (κ2) is 6.05. The van der Waals surface area contributed by atoms with Crippen LogP contribution in [0.3, 0.4) is 0 Å². The summed E-state index contributed by atoms with van der Waals surface area (Å²) in [4.78, 5) is 0. The SMILES string of the molecule is [CH]=CC=CCC1CCCCCC1. The summed E-state index contributed by atoms with van der Waals surface area (Å²) in [6.07, 6.45) is 15.6. The van der Waals surface area contributed by atoms with E-state index in [4.69, 9.17) is 6.58 Å². The van der Waals surface area contributed by atoms with Crippen molar-refractivity contribution < 1.29 is 0 Å². The average Bonchev–Trinajstić information content (AvgIpc) is 2.33. The molecule has 1 radical (unpaired) electrons. The number of hydrogen-bond acceptors (Lipinski definition) is 0. The van der Waals surface area contributed by atoms with Gasteiger partial charge in [-0.2, -0.15) is 0 Å². The molecule has 67 valence electrons. The van der Waals surface area contributed by atoms with Crippen LogP contribution in [-0.4, -0.2) is 0 Å². The normalized spacial score (nSPS) is 21.0. The molecule has 0 aromatic carbocycles. The minimum Gasteiger partial charge on any atom is -0.0843 e. The molecule has 12 heavy (non-hydrogen) atoms.